The molecule has 1 aliphatic carbocycles. The molecule has 0 radical (unpaired) electrons. The summed E-state index contributed by atoms with van der Waals surface area (Å²) in [5.74, 6) is -0.341. The Morgan fingerprint density at radius 3 is 3.05 bits per heavy atom. The zero-order valence-corrected chi connectivity index (χ0v) is 12.0. The molecule has 0 bridgehead atoms. The number of benzene rings is 1. The number of nitriles is 1. The molecule has 2 aliphatic rings. The highest BCUT2D eigenvalue weighted by Crippen LogP contribution is 2.36. The van der Waals surface area contributed by atoms with Gasteiger partial charge in [-0.05, 0) is 47.3 Å². The number of hydrogen-bond donors (Lipinski definition) is 0. The minimum Gasteiger partial charge on any atom is -0.374 e. The van der Waals surface area contributed by atoms with Gasteiger partial charge >= 0.3 is 0 Å². The Morgan fingerprint density at radius 2 is 2.26 bits per heavy atom. The maximum atomic E-state index is 14.4. The van der Waals surface area contributed by atoms with Gasteiger partial charge in [-0.3, -0.25) is 0 Å². The van der Waals surface area contributed by atoms with Crippen molar-refractivity contribution in [3.05, 3.63) is 28.0 Å². The lowest BCUT2D eigenvalue weighted by Crippen LogP contribution is -2.49. The smallest absolute Gasteiger partial charge is 0.161 e. The molecule has 0 N–H and O–H groups in total. The SMILES string of the molecule is N#Cc1ccc(N2CCOC3CCCC32)c(F)c1Br. The Hall–Kier alpha value is -1.12. The van der Waals surface area contributed by atoms with Gasteiger partial charge in [0.25, 0.3) is 0 Å². The van der Waals surface area contributed by atoms with Crippen molar-refractivity contribution in [2.24, 2.45) is 0 Å². The third-order valence-corrected chi connectivity index (χ3v) is 4.75. The fourth-order valence-electron chi connectivity index (χ4n) is 3.07. The summed E-state index contributed by atoms with van der Waals surface area (Å²) >= 11 is 3.18. The van der Waals surface area contributed by atoms with Gasteiger partial charge in [-0.1, -0.05) is 0 Å². The molecule has 1 heterocycles. The van der Waals surface area contributed by atoms with Crippen LogP contribution in [0.15, 0.2) is 16.6 Å². The van der Waals surface area contributed by atoms with Gasteiger partial charge in [0.15, 0.2) is 5.82 Å². The van der Waals surface area contributed by atoms with E-state index in [0.717, 1.165) is 19.3 Å². The Balaban J connectivity index is 1.98. The van der Waals surface area contributed by atoms with Crippen LogP contribution in [0.1, 0.15) is 24.8 Å². The summed E-state index contributed by atoms with van der Waals surface area (Å²) in [5, 5.41) is 8.91. The summed E-state index contributed by atoms with van der Waals surface area (Å²) in [7, 11) is 0. The molecular weight excluding hydrogens is 311 g/mol. The summed E-state index contributed by atoms with van der Waals surface area (Å²) in [4.78, 5) is 2.10. The average molecular weight is 325 g/mol. The zero-order valence-electron chi connectivity index (χ0n) is 10.4. The first-order valence-electron chi connectivity index (χ1n) is 6.48. The van der Waals surface area contributed by atoms with Crippen molar-refractivity contribution in [3.63, 3.8) is 0 Å². The number of halogens is 2. The minimum atomic E-state index is -0.341. The fourth-order valence-corrected chi connectivity index (χ4v) is 3.50. The van der Waals surface area contributed by atoms with Gasteiger partial charge in [0, 0.05) is 6.54 Å². The summed E-state index contributed by atoms with van der Waals surface area (Å²) in [6.07, 6.45) is 3.45. The summed E-state index contributed by atoms with van der Waals surface area (Å²) in [6.45, 7) is 1.34. The van der Waals surface area contributed by atoms with E-state index in [0.29, 0.717) is 24.4 Å². The molecule has 2 fully saturated rings. The Morgan fingerprint density at radius 1 is 1.42 bits per heavy atom. The van der Waals surface area contributed by atoms with E-state index in [1.165, 1.54) is 0 Å². The van der Waals surface area contributed by atoms with Crippen molar-refractivity contribution in [1.82, 2.24) is 0 Å². The quantitative estimate of drug-likeness (QED) is 0.795. The van der Waals surface area contributed by atoms with Gasteiger partial charge in [-0.2, -0.15) is 5.26 Å². The second-order valence-electron chi connectivity index (χ2n) is 4.97. The Labute approximate surface area is 120 Å². The number of rotatable bonds is 1. The van der Waals surface area contributed by atoms with Gasteiger partial charge in [0.05, 0.1) is 34.5 Å². The van der Waals surface area contributed by atoms with Gasteiger partial charge in [-0.25, -0.2) is 4.39 Å². The van der Waals surface area contributed by atoms with Crippen LogP contribution >= 0.6 is 15.9 Å². The largest absolute Gasteiger partial charge is 0.374 e. The van der Waals surface area contributed by atoms with E-state index < -0.39 is 0 Å². The number of morpholine rings is 1. The summed E-state index contributed by atoms with van der Waals surface area (Å²) < 4.78 is 20.4. The fraction of sp³-hybridized carbons (Fsp3) is 0.500. The number of nitrogens with zero attached hydrogens (tertiary/aromatic N) is 2. The van der Waals surface area contributed by atoms with Crippen LogP contribution in [0.2, 0.25) is 0 Å². The van der Waals surface area contributed by atoms with Crippen LogP contribution in [-0.4, -0.2) is 25.3 Å². The van der Waals surface area contributed by atoms with Gasteiger partial charge in [0.1, 0.15) is 6.07 Å². The van der Waals surface area contributed by atoms with Crippen LogP contribution in [0.25, 0.3) is 0 Å². The monoisotopic (exact) mass is 324 g/mol. The molecule has 1 saturated heterocycles. The lowest BCUT2D eigenvalue weighted by molar-refractivity contribution is 0.0254. The Kier molecular flexibility index (Phi) is 3.46. The molecule has 3 rings (SSSR count). The van der Waals surface area contributed by atoms with Gasteiger partial charge in [0.2, 0.25) is 0 Å². The van der Waals surface area contributed by atoms with E-state index in [2.05, 4.69) is 20.8 Å². The highest BCUT2D eigenvalue weighted by Gasteiger charge is 2.37. The van der Waals surface area contributed by atoms with Gasteiger partial charge < -0.3 is 9.64 Å². The predicted octanol–water partition coefficient (Wildman–Crippen LogP) is 3.22. The molecule has 2 unspecified atom stereocenters. The van der Waals surface area contributed by atoms with E-state index in [1.807, 2.05) is 6.07 Å². The van der Waals surface area contributed by atoms with Crippen molar-refractivity contribution in [2.75, 3.05) is 18.1 Å². The molecule has 5 heteroatoms. The second-order valence-corrected chi connectivity index (χ2v) is 5.77. The highest BCUT2D eigenvalue weighted by molar-refractivity contribution is 9.10. The molecule has 1 aromatic rings. The number of ether oxygens (including phenoxy) is 1. The lowest BCUT2D eigenvalue weighted by atomic mass is 10.1. The van der Waals surface area contributed by atoms with E-state index in [9.17, 15) is 4.39 Å². The molecule has 100 valence electrons. The molecule has 0 spiro atoms. The number of anilines is 1. The topological polar surface area (TPSA) is 36.3 Å². The average Bonchev–Trinajstić information content (AvgIpc) is 2.90. The van der Waals surface area contributed by atoms with Crippen molar-refractivity contribution >= 4 is 21.6 Å². The normalized spacial score (nSPS) is 26.1. The first-order valence-corrected chi connectivity index (χ1v) is 7.28. The molecule has 19 heavy (non-hydrogen) atoms. The maximum Gasteiger partial charge on any atom is 0.161 e. The predicted molar refractivity (Wildman–Crippen MR) is 73.5 cm³/mol. The van der Waals surface area contributed by atoms with Crippen LogP contribution in [0, 0.1) is 17.1 Å². The van der Waals surface area contributed by atoms with Crippen LogP contribution in [0.3, 0.4) is 0 Å². The van der Waals surface area contributed by atoms with E-state index in [-0.39, 0.29) is 22.4 Å². The third kappa shape index (κ3) is 2.13. The zero-order chi connectivity index (χ0) is 13.4. The lowest BCUT2D eigenvalue weighted by Gasteiger charge is -2.39. The molecule has 3 nitrogen and oxygen atoms in total. The standard InChI is InChI=1S/C14H14BrFN2O/c15-13-9(8-17)4-5-11(14(13)16)18-6-7-19-12-3-1-2-10(12)18/h4-5,10,12H,1-3,6-7H2. The van der Waals surface area contributed by atoms with Crippen LogP contribution in [0.4, 0.5) is 10.1 Å². The molecule has 1 aliphatic heterocycles. The first-order chi connectivity index (χ1) is 9.22. The molecule has 0 amide bonds. The minimum absolute atomic E-state index is 0.225. The van der Waals surface area contributed by atoms with Crippen molar-refractivity contribution in [2.45, 2.75) is 31.4 Å². The van der Waals surface area contributed by atoms with E-state index >= 15 is 0 Å². The van der Waals surface area contributed by atoms with Crippen LogP contribution < -0.4 is 4.90 Å². The third-order valence-electron chi connectivity index (χ3n) is 3.97. The number of fused-ring (bicyclic) bond motifs is 1. The van der Waals surface area contributed by atoms with Gasteiger partial charge in [-0.15, -0.1) is 0 Å². The van der Waals surface area contributed by atoms with Crippen molar-refractivity contribution in [3.8, 4) is 6.07 Å². The highest BCUT2D eigenvalue weighted by atomic mass is 79.9. The Bertz CT molecular complexity index is 543. The maximum absolute atomic E-state index is 14.4. The molecular formula is C14H14BrFN2O. The van der Waals surface area contributed by atoms with E-state index in [4.69, 9.17) is 10.00 Å². The van der Waals surface area contributed by atoms with Crippen molar-refractivity contribution < 1.29 is 9.13 Å². The molecule has 0 aromatic heterocycles. The first kappa shape index (κ1) is 12.9. The summed E-state index contributed by atoms with van der Waals surface area (Å²) in [6, 6.07) is 5.63. The summed E-state index contributed by atoms with van der Waals surface area (Å²) in [5.41, 5.74) is 0.906. The second kappa shape index (κ2) is 5.10. The molecule has 1 saturated carbocycles. The van der Waals surface area contributed by atoms with Crippen LogP contribution in [0.5, 0.6) is 0 Å². The number of hydrogen-bond acceptors (Lipinski definition) is 3. The van der Waals surface area contributed by atoms with Crippen molar-refractivity contribution in [1.29, 1.82) is 5.26 Å². The molecule has 1 aromatic carbocycles. The molecule has 2 atom stereocenters. The van der Waals surface area contributed by atoms with Crippen LogP contribution in [-0.2, 0) is 4.74 Å². The van der Waals surface area contributed by atoms with E-state index in [1.54, 1.807) is 12.1 Å².